The van der Waals surface area contributed by atoms with E-state index < -0.39 is 27.6 Å². The molecule has 0 aliphatic carbocycles. The van der Waals surface area contributed by atoms with Crippen molar-refractivity contribution < 1.29 is 30.8 Å². The Morgan fingerprint density at radius 2 is 1.64 bits per heavy atom. The number of anilines is 3. The third-order valence-corrected chi connectivity index (χ3v) is 11.5. The summed E-state index contributed by atoms with van der Waals surface area (Å²) in [4.78, 5) is 34.4. The van der Waals surface area contributed by atoms with E-state index in [1.807, 2.05) is 13.0 Å². The van der Waals surface area contributed by atoms with Crippen molar-refractivity contribution in [3.63, 3.8) is 0 Å². The van der Waals surface area contributed by atoms with Crippen molar-refractivity contribution in [2.45, 2.75) is 55.8 Å². The molecule has 5 N–H and O–H groups in total. The Morgan fingerprint density at radius 3 is 2.38 bits per heavy atom. The molecule has 8 rings (SSSR count). The first-order valence-corrected chi connectivity index (χ1v) is 19.8. The van der Waals surface area contributed by atoms with Crippen LogP contribution in [0.2, 0.25) is 0 Å². The summed E-state index contributed by atoms with van der Waals surface area (Å²) in [6, 6.07) is 12.8. The highest BCUT2D eigenvalue weighted by Crippen LogP contribution is 2.32. The number of halogens is 5. The first-order valence-electron chi connectivity index (χ1n) is 18.4. The second-order valence-corrected chi connectivity index (χ2v) is 15.8. The molecular formula is C38H42ClF4N11O3S. The monoisotopic (exact) mass is 843 g/mol. The lowest BCUT2D eigenvalue weighted by Crippen LogP contribution is -2.47. The Balaban J connectivity index is 0.000000195. The molecule has 2 aliphatic rings. The molecule has 2 aromatic carbocycles. The quantitative estimate of drug-likeness (QED) is 0.105. The smallest absolute Gasteiger partial charge is 0.376 e. The van der Waals surface area contributed by atoms with Crippen LogP contribution in [0.1, 0.15) is 36.8 Å². The number of hydrogen-bond donors (Lipinski definition) is 5. The van der Waals surface area contributed by atoms with Crippen molar-refractivity contribution in [3.8, 4) is 0 Å². The van der Waals surface area contributed by atoms with Gasteiger partial charge in [-0.2, -0.15) is 13.2 Å². The van der Waals surface area contributed by atoms with Crippen LogP contribution in [0.3, 0.4) is 0 Å². The van der Waals surface area contributed by atoms with Gasteiger partial charge in [0.15, 0.2) is 5.65 Å². The standard InChI is InChI=1S/C20H20F4N6O.C18H21N5O2S.ClH/c21-13-6-12(20(22,23)24)7-15(8-13)26-9-17(31)30-5-1-2-14(10-30)29-19-16-3-4-25-18(16)27-11-28-19;1-13-4-6-15(7-5-13)26(24,25)23-10-8-16-17(20-12-21-18(16)23)22-14-3-2-9-19-11-14;/h3-4,6-8,11,14,26H,1-2,5,9-10H2,(H2,25,27,28,29);4-8,10,12,14,19H,2-3,9,11H2,1H3,(H,20,21,22);1H/t2*14-;/m00./s1. The van der Waals surface area contributed by atoms with Gasteiger partial charge in [0.2, 0.25) is 5.91 Å². The summed E-state index contributed by atoms with van der Waals surface area (Å²) >= 11 is 0. The van der Waals surface area contributed by atoms with E-state index in [2.05, 4.69) is 46.2 Å². The average Bonchev–Trinajstić information content (AvgIpc) is 3.87. The van der Waals surface area contributed by atoms with Gasteiger partial charge in [0.1, 0.15) is 35.8 Å². The van der Waals surface area contributed by atoms with Gasteiger partial charge in [-0.1, -0.05) is 17.7 Å². The second kappa shape index (κ2) is 17.9. The summed E-state index contributed by atoms with van der Waals surface area (Å²) in [5, 5.41) is 14.3. The van der Waals surface area contributed by atoms with Gasteiger partial charge in [0.25, 0.3) is 10.0 Å². The zero-order valence-corrected chi connectivity index (χ0v) is 32.9. The fourth-order valence-corrected chi connectivity index (χ4v) is 8.18. The zero-order valence-electron chi connectivity index (χ0n) is 31.3. The van der Waals surface area contributed by atoms with Crippen LogP contribution in [0.25, 0.3) is 22.1 Å². The Morgan fingerprint density at radius 1 is 0.914 bits per heavy atom. The number of amides is 1. The molecular weight excluding hydrogens is 802 g/mol. The highest BCUT2D eigenvalue weighted by Gasteiger charge is 2.32. The van der Waals surface area contributed by atoms with Crippen molar-refractivity contribution in [2.75, 3.05) is 48.7 Å². The van der Waals surface area contributed by atoms with Crippen LogP contribution in [0.4, 0.5) is 34.9 Å². The summed E-state index contributed by atoms with van der Waals surface area (Å²) in [5.74, 6) is 0.0383. The van der Waals surface area contributed by atoms with E-state index in [1.165, 1.54) is 16.6 Å². The number of H-pyrrole nitrogens is 1. The molecule has 308 valence electrons. The number of piperidine rings is 2. The van der Waals surface area contributed by atoms with Gasteiger partial charge in [-0.3, -0.25) is 4.79 Å². The Hall–Kier alpha value is -5.53. The number of aromatic amines is 1. The Bertz CT molecular complexity index is 2460. The first kappa shape index (κ1) is 42.1. The maximum absolute atomic E-state index is 13.5. The molecule has 2 saturated heterocycles. The maximum atomic E-state index is 13.5. The van der Waals surface area contributed by atoms with E-state index in [4.69, 9.17) is 0 Å². The van der Waals surface area contributed by atoms with Crippen molar-refractivity contribution in [1.29, 1.82) is 0 Å². The normalized spacial score (nSPS) is 17.2. The lowest BCUT2D eigenvalue weighted by Gasteiger charge is -2.33. The molecule has 58 heavy (non-hydrogen) atoms. The summed E-state index contributed by atoms with van der Waals surface area (Å²) in [7, 11) is -3.70. The summed E-state index contributed by atoms with van der Waals surface area (Å²) in [6.07, 6.45) is 5.26. The number of nitrogens with one attached hydrogen (secondary N) is 5. The number of alkyl halides is 3. The van der Waals surface area contributed by atoms with E-state index in [-0.39, 0.29) is 47.5 Å². The van der Waals surface area contributed by atoms with Crippen LogP contribution >= 0.6 is 12.4 Å². The molecule has 4 aromatic heterocycles. The molecule has 6 heterocycles. The average molecular weight is 844 g/mol. The lowest BCUT2D eigenvalue weighted by molar-refractivity contribution is -0.137. The maximum Gasteiger partial charge on any atom is 0.416 e. The fourth-order valence-electron chi connectivity index (χ4n) is 6.88. The topological polar surface area (TPSA) is 175 Å². The molecule has 20 heteroatoms. The van der Waals surface area contributed by atoms with E-state index in [0.717, 1.165) is 61.9 Å². The number of aromatic nitrogens is 6. The van der Waals surface area contributed by atoms with E-state index >= 15 is 0 Å². The lowest BCUT2D eigenvalue weighted by atomic mass is 10.1. The van der Waals surface area contributed by atoms with Crippen LogP contribution in [-0.2, 0) is 21.0 Å². The fraction of sp³-hybridized carbons (Fsp3) is 0.342. The van der Waals surface area contributed by atoms with Crippen LogP contribution < -0.4 is 21.3 Å². The number of rotatable bonds is 9. The highest BCUT2D eigenvalue weighted by molar-refractivity contribution is 7.90. The van der Waals surface area contributed by atoms with Crippen LogP contribution in [0, 0.1) is 12.7 Å². The molecule has 6 aromatic rings. The van der Waals surface area contributed by atoms with Gasteiger partial charge in [0.05, 0.1) is 27.8 Å². The van der Waals surface area contributed by atoms with Crippen LogP contribution in [0.15, 0.2) is 84.5 Å². The molecule has 0 spiro atoms. The SMILES string of the molecule is Cc1ccc(S(=O)(=O)n2ccc3c(N[C@H]4CCCNC4)ncnc32)cc1.Cl.O=C(CNc1cc(F)cc(C(F)(F)F)c1)N1CCC[C@H](Nc2ncnc3[nH]ccc23)C1. The minimum Gasteiger partial charge on any atom is -0.376 e. The van der Waals surface area contributed by atoms with Crippen molar-refractivity contribution >= 4 is 67.7 Å². The number of carbonyl (C=O) groups excluding carboxylic acids is 1. The zero-order chi connectivity index (χ0) is 40.2. The molecule has 1 amide bonds. The van der Waals surface area contributed by atoms with Crippen molar-refractivity contribution in [3.05, 3.63) is 96.6 Å². The van der Waals surface area contributed by atoms with Crippen LogP contribution in [0.5, 0.6) is 0 Å². The summed E-state index contributed by atoms with van der Waals surface area (Å²) < 4.78 is 79.3. The molecule has 2 aliphatic heterocycles. The molecule has 2 atom stereocenters. The van der Waals surface area contributed by atoms with Gasteiger partial charge < -0.3 is 31.2 Å². The predicted molar refractivity (Wildman–Crippen MR) is 215 cm³/mol. The molecule has 0 radical (unpaired) electrons. The number of benzene rings is 2. The third kappa shape index (κ3) is 9.76. The minimum atomic E-state index is -4.67. The highest BCUT2D eigenvalue weighted by atomic mass is 35.5. The van der Waals surface area contributed by atoms with Gasteiger partial charge >= 0.3 is 6.18 Å². The van der Waals surface area contributed by atoms with Gasteiger partial charge in [-0.15, -0.1) is 12.4 Å². The summed E-state index contributed by atoms with van der Waals surface area (Å²) in [6.45, 7) is 4.55. The van der Waals surface area contributed by atoms with Gasteiger partial charge in [-0.05, 0) is 81.6 Å². The molecule has 0 saturated carbocycles. The van der Waals surface area contributed by atoms with Crippen molar-refractivity contribution in [2.24, 2.45) is 0 Å². The van der Waals surface area contributed by atoms with Gasteiger partial charge in [0, 0.05) is 49.8 Å². The first-order chi connectivity index (χ1) is 27.3. The number of nitrogens with zero attached hydrogens (tertiary/aromatic N) is 6. The Kier molecular flexibility index (Phi) is 13.0. The van der Waals surface area contributed by atoms with Crippen molar-refractivity contribution in [1.82, 2.24) is 39.1 Å². The van der Waals surface area contributed by atoms with E-state index in [9.17, 15) is 30.8 Å². The molecule has 2 fully saturated rings. The number of likely N-dealkylation sites (tertiary alicyclic amines) is 1. The van der Waals surface area contributed by atoms with Gasteiger partial charge in [-0.25, -0.2) is 36.7 Å². The predicted octanol–water partition coefficient (Wildman–Crippen LogP) is 6.19. The molecule has 14 nitrogen and oxygen atoms in total. The third-order valence-electron chi connectivity index (χ3n) is 9.80. The largest absolute Gasteiger partial charge is 0.416 e. The number of hydrogen-bond acceptors (Lipinski definition) is 11. The summed E-state index contributed by atoms with van der Waals surface area (Å²) in [5.41, 5.74) is 0.899. The molecule has 0 unspecified atom stereocenters. The van der Waals surface area contributed by atoms with E-state index in [0.29, 0.717) is 47.5 Å². The van der Waals surface area contributed by atoms with Crippen LogP contribution in [-0.4, -0.2) is 92.9 Å². The molecule has 0 bridgehead atoms. The second-order valence-electron chi connectivity index (χ2n) is 13.9. The van der Waals surface area contributed by atoms with E-state index in [1.54, 1.807) is 47.6 Å². The number of aryl methyl sites for hydroxylation is 1. The Labute approximate surface area is 337 Å². The number of fused-ring (bicyclic) bond motifs is 2. The minimum absolute atomic E-state index is 0. The number of carbonyl (C=O) groups is 1.